The van der Waals surface area contributed by atoms with Crippen LogP contribution in [0.2, 0.25) is 0 Å². The maximum absolute atomic E-state index is 13.3. The average molecular weight is 405 g/mol. The van der Waals surface area contributed by atoms with Gasteiger partial charge >= 0.3 is 12.0 Å². The van der Waals surface area contributed by atoms with Crippen molar-refractivity contribution in [2.24, 2.45) is 0 Å². The summed E-state index contributed by atoms with van der Waals surface area (Å²) in [5, 5.41) is 2.86. The summed E-state index contributed by atoms with van der Waals surface area (Å²) in [5.74, 6) is -0.487. The number of hydrogen-bond acceptors (Lipinski definition) is 5. The number of carbonyl (C=O) groups is 2. The van der Waals surface area contributed by atoms with Crippen LogP contribution < -0.4 is 5.32 Å². The van der Waals surface area contributed by atoms with Crippen molar-refractivity contribution in [2.75, 3.05) is 13.7 Å². The van der Waals surface area contributed by atoms with E-state index in [-0.39, 0.29) is 6.03 Å². The molecular formula is C22H23N5O3. The van der Waals surface area contributed by atoms with Crippen LogP contribution >= 0.6 is 0 Å². The Morgan fingerprint density at radius 1 is 1.20 bits per heavy atom. The molecule has 2 amide bonds. The molecule has 1 aliphatic rings. The van der Waals surface area contributed by atoms with Gasteiger partial charge in [0.2, 0.25) is 0 Å². The summed E-state index contributed by atoms with van der Waals surface area (Å²) in [6.07, 6.45) is 4.32. The fraction of sp³-hybridized carbons (Fsp3) is 0.273. The number of benzene rings is 1. The molecule has 0 spiro atoms. The minimum absolute atomic E-state index is 0.342. The Balaban J connectivity index is 1.59. The molecule has 4 rings (SSSR count). The number of hydrogen-bond donors (Lipinski definition) is 2. The second-order valence-corrected chi connectivity index (χ2v) is 7.08. The van der Waals surface area contributed by atoms with E-state index < -0.39 is 18.1 Å². The average Bonchev–Trinajstić information content (AvgIpc) is 3.27. The minimum Gasteiger partial charge on any atom is -0.467 e. The Bertz CT molecular complexity index is 1010. The van der Waals surface area contributed by atoms with E-state index in [2.05, 4.69) is 20.3 Å². The van der Waals surface area contributed by atoms with Gasteiger partial charge in [0.1, 0.15) is 12.1 Å². The van der Waals surface area contributed by atoms with Gasteiger partial charge in [-0.2, -0.15) is 0 Å². The van der Waals surface area contributed by atoms with Gasteiger partial charge in [-0.25, -0.2) is 14.6 Å². The van der Waals surface area contributed by atoms with Crippen LogP contribution in [0.4, 0.5) is 4.79 Å². The van der Waals surface area contributed by atoms with Crippen LogP contribution in [0.5, 0.6) is 0 Å². The number of pyridine rings is 1. The monoisotopic (exact) mass is 405 g/mol. The first kappa shape index (κ1) is 19.6. The second-order valence-electron chi connectivity index (χ2n) is 7.08. The highest BCUT2D eigenvalue weighted by Gasteiger charge is 2.36. The van der Waals surface area contributed by atoms with Crippen LogP contribution in [0, 0.1) is 0 Å². The number of methoxy groups -OCH3 is 1. The molecule has 2 unspecified atom stereocenters. The van der Waals surface area contributed by atoms with Gasteiger partial charge in [0, 0.05) is 31.3 Å². The second kappa shape index (κ2) is 8.77. The predicted octanol–water partition coefficient (Wildman–Crippen LogP) is 2.25. The summed E-state index contributed by atoms with van der Waals surface area (Å²) in [6, 6.07) is 13.5. The van der Waals surface area contributed by atoms with E-state index in [1.54, 1.807) is 17.4 Å². The van der Waals surface area contributed by atoms with E-state index >= 15 is 0 Å². The van der Waals surface area contributed by atoms with Gasteiger partial charge < -0.3 is 19.9 Å². The summed E-state index contributed by atoms with van der Waals surface area (Å²) in [4.78, 5) is 39.3. The van der Waals surface area contributed by atoms with E-state index in [1.165, 1.54) is 7.11 Å². The molecule has 8 nitrogen and oxygen atoms in total. The highest BCUT2D eigenvalue weighted by atomic mass is 16.5. The smallest absolute Gasteiger partial charge is 0.328 e. The standard InChI is InChI=1S/C22H23N5O3/c1-30-21(28)18(13-15-7-3-2-4-8-15)26-22(29)27-12-10-16-19(25-14-24-16)20(27)17-9-5-6-11-23-17/h2-9,11,14,18,20H,10,12-13H2,1H3,(H,24,25)(H,26,29). The van der Waals surface area contributed by atoms with Crippen LogP contribution in [0.1, 0.15) is 28.7 Å². The minimum atomic E-state index is -0.796. The van der Waals surface area contributed by atoms with Crippen LogP contribution in [0.3, 0.4) is 0 Å². The Hall–Kier alpha value is -3.68. The summed E-state index contributed by atoms with van der Waals surface area (Å²) in [5.41, 5.74) is 3.41. The molecule has 3 aromatic rings. The molecule has 0 fully saturated rings. The molecular weight excluding hydrogens is 382 g/mol. The third-order valence-electron chi connectivity index (χ3n) is 5.22. The summed E-state index contributed by atoms with van der Waals surface area (Å²) in [6.45, 7) is 0.474. The summed E-state index contributed by atoms with van der Waals surface area (Å²) in [7, 11) is 1.32. The quantitative estimate of drug-likeness (QED) is 0.634. The number of carbonyl (C=O) groups excluding carboxylic acids is 2. The van der Waals surface area contributed by atoms with Crippen molar-refractivity contribution < 1.29 is 14.3 Å². The first-order chi connectivity index (χ1) is 14.7. The Morgan fingerprint density at radius 2 is 2.00 bits per heavy atom. The molecule has 0 aliphatic carbocycles. The molecule has 154 valence electrons. The molecule has 8 heteroatoms. The SMILES string of the molecule is COC(=O)C(Cc1ccccc1)NC(=O)N1CCc2[nH]cnc2C1c1ccccn1. The fourth-order valence-corrected chi connectivity index (χ4v) is 3.75. The van der Waals surface area contributed by atoms with Crippen molar-refractivity contribution in [3.8, 4) is 0 Å². The van der Waals surface area contributed by atoms with Crippen molar-refractivity contribution in [1.82, 2.24) is 25.2 Å². The first-order valence-corrected chi connectivity index (χ1v) is 9.79. The number of nitrogens with one attached hydrogen (secondary N) is 2. The van der Waals surface area contributed by atoms with Gasteiger partial charge in [0.25, 0.3) is 0 Å². The van der Waals surface area contributed by atoms with E-state index in [0.29, 0.717) is 19.4 Å². The third-order valence-corrected chi connectivity index (χ3v) is 5.22. The molecule has 0 saturated heterocycles. The molecule has 2 aromatic heterocycles. The van der Waals surface area contributed by atoms with Crippen LogP contribution in [0.25, 0.3) is 0 Å². The number of aromatic nitrogens is 3. The fourth-order valence-electron chi connectivity index (χ4n) is 3.75. The van der Waals surface area contributed by atoms with Gasteiger partial charge in [0.15, 0.2) is 0 Å². The van der Waals surface area contributed by atoms with Gasteiger partial charge in [0.05, 0.1) is 24.8 Å². The lowest BCUT2D eigenvalue weighted by Gasteiger charge is -2.35. The number of ether oxygens (including phenoxy) is 1. The molecule has 3 heterocycles. The van der Waals surface area contributed by atoms with Crippen molar-refractivity contribution in [3.63, 3.8) is 0 Å². The number of esters is 1. The number of urea groups is 1. The lowest BCUT2D eigenvalue weighted by atomic mass is 9.99. The van der Waals surface area contributed by atoms with Crippen molar-refractivity contribution in [2.45, 2.75) is 24.9 Å². The van der Waals surface area contributed by atoms with Gasteiger partial charge in [-0.3, -0.25) is 4.98 Å². The molecule has 0 radical (unpaired) electrons. The van der Waals surface area contributed by atoms with Crippen molar-refractivity contribution in [1.29, 1.82) is 0 Å². The molecule has 30 heavy (non-hydrogen) atoms. The largest absolute Gasteiger partial charge is 0.467 e. The van der Waals surface area contributed by atoms with Gasteiger partial charge in [-0.1, -0.05) is 36.4 Å². The predicted molar refractivity (Wildman–Crippen MR) is 110 cm³/mol. The van der Waals surface area contributed by atoms with Crippen LogP contribution in [0.15, 0.2) is 61.1 Å². The Morgan fingerprint density at radius 3 is 2.73 bits per heavy atom. The van der Waals surface area contributed by atoms with Gasteiger partial charge in [-0.05, 0) is 17.7 Å². The molecule has 2 N–H and O–H groups in total. The normalized spacial score (nSPS) is 16.4. The molecule has 2 atom stereocenters. The first-order valence-electron chi connectivity index (χ1n) is 9.79. The van der Waals surface area contributed by atoms with E-state index in [4.69, 9.17) is 4.74 Å². The molecule has 0 saturated carbocycles. The highest BCUT2D eigenvalue weighted by Crippen LogP contribution is 2.32. The maximum atomic E-state index is 13.3. The number of fused-ring (bicyclic) bond motifs is 1. The van der Waals surface area contributed by atoms with E-state index in [9.17, 15) is 9.59 Å². The Labute approximate surface area is 174 Å². The Kier molecular flexibility index (Phi) is 5.74. The number of H-pyrrole nitrogens is 1. The number of imidazole rings is 1. The highest BCUT2D eigenvalue weighted by molar-refractivity contribution is 5.84. The lowest BCUT2D eigenvalue weighted by molar-refractivity contribution is -0.142. The molecule has 1 aromatic carbocycles. The van der Waals surface area contributed by atoms with Crippen molar-refractivity contribution >= 4 is 12.0 Å². The van der Waals surface area contributed by atoms with E-state index in [0.717, 1.165) is 22.6 Å². The number of nitrogens with zero attached hydrogens (tertiary/aromatic N) is 3. The van der Waals surface area contributed by atoms with Crippen LogP contribution in [-0.4, -0.2) is 51.5 Å². The lowest BCUT2D eigenvalue weighted by Crippen LogP contribution is -2.52. The van der Waals surface area contributed by atoms with Crippen LogP contribution in [-0.2, 0) is 22.4 Å². The zero-order valence-corrected chi connectivity index (χ0v) is 16.6. The zero-order valence-electron chi connectivity index (χ0n) is 16.6. The number of rotatable bonds is 5. The summed E-state index contributed by atoms with van der Waals surface area (Å²) >= 11 is 0. The number of amides is 2. The topological polar surface area (TPSA) is 100 Å². The molecule has 0 bridgehead atoms. The molecule has 1 aliphatic heterocycles. The summed E-state index contributed by atoms with van der Waals surface area (Å²) < 4.78 is 4.93. The number of aromatic amines is 1. The van der Waals surface area contributed by atoms with E-state index in [1.807, 2.05) is 48.5 Å². The maximum Gasteiger partial charge on any atom is 0.328 e. The zero-order chi connectivity index (χ0) is 20.9. The van der Waals surface area contributed by atoms with Crippen molar-refractivity contribution in [3.05, 3.63) is 83.7 Å². The van der Waals surface area contributed by atoms with Gasteiger partial charge in [-0.15, -0.1) is 0 Å². The third kappa shape index (κ3) is 4.03.